The summed E-state index contributed by atoms with van der Waals surface area (Å²) in [5, 5.41) is 4.91. The minimum Gasteiger partial charge on any atom is -0.481 e. The average Bonchev–Trinajstić information content (AvgIpc) is 3.11. The molecule has 0 aliphatic rings. The fourth-order valence-electron chi connectivity index (χ4n) is 2.68. The van der Waals surface area contributed by atoms with Crippen molar-refractivity contribution in [3.05, 3.63) is 42.6 Å². The minimum absolute atomic E-state index is 0.0254. The number of ether oxygens (including phenoxy) is 1. The maximum Gasteiger partial charge on any atom is 0.229 e. The van der Waals surface area contributed by atoms with E-state index in [9.17, 15) is 4.79 Å². The SMILES string of the molecule is COc1ccc(Nc2nc3c4ccccc4n(C(C)=O)c3s2)cn1. The Balaban J connectivity index is 1.80. The van der Waals surface area contributed by atoms with Crippen LogP contribution in [0.3, 0.4) is 0 Å². The van der Waals surface area contributed by atoms with Gasteiger partial charge < -0.3 is 10.1 Å². The van der Waals surface area contributed by atoms with Gasteiger partial charge in [-0.3, -0.25) is 9.36 Å². The third-order valence-corrected chi connectivity index (χ3v) is 4.68. The molecule has 0 aliphatic heterocycles. The number of carbonyl (C=O) groups is 1. The second-order valence-corrected chi connectivity index (χ2v) is 6.24. The molecular weight excluding hydrogens is 324 g/mol. The molecular formula is C17H14N4O2S. The van der Waals surface area contributed by atoms with Gasteiger partial charge >= 0.3 is 0 Å². The number of fused-ring (bicyclic) bond motifs is 3. The van der Waals surface area contributed by atoms with Gasteiger partial charge in [0, 0.05) is 18.4 Å². The van der Waals surface area contributed by atoms with Crippen molar-refractivity contribution >= 4 is 49.3 Å². The standard InChI is InChI=1S/C17H14N4O2S/c1-10(22)21-13-6-4-3-5-12(13)15-16(21)24-17(20-15)19-11-7-8-14(23-2)18-9-11/h3-9H,1-2H3,(H,19,20). The van der Waals surface area contributed by atoms with Gasteiger partial charge in [-0.25, -0.2) is 9.97 Å². The molecule has 0 fully saturated rings. The lowest BCUT2D eigenvalue weighted by Crippen LogP contribution is -2.03. The zero-order valence-corrected chi connectivity index (χ0v) is 13.9. The molecule has 4 rings (SSSR count). The fourth-order valence-corrected chi connectivity index (χ4v) is 3.74. The molecule has 6 nitrogen and oxygen atoms in total. The average molecular weight is 338 g/mol. The summed E-state index contributed by atoms with van der Waals surface area (Å²) in [4.78, 5) is 21.7. The van der Waals surface area contributed by atoms with Gasteiger partial charge in [0.05, 0.1) is 24.5 Å². The number of pyridine rings is 1. The largest absolute Gasteiger partial charge is 0.481 e. The van der Waals surface area contributed by atoms with E-state index in [-0.39, 0.29) is 5.91 Å². The monoisotopic (exact) mass is 338 g/mol. The van der Waals surface area contributed by atoms with E-state index in [0.29, 0.717) is 11.0 Å². The molecule has 0 unspecified atom stereocenters. The Hall–Kier alpha value is -2.93. The lowest BCUT2D eigenvalue weighted by atomic mass is 10.2. The van der Waals surface area contributed by atoms with Crippen LogP contribution in [0, 0.1) is 0 Å². The van der Waals surface area contributed by atoms with E-state index in [1.54, 1.807) is 30.9 Å². The smallest absolute Gasteiger partial charge is 0.229 e. The molecule has 3 aromatic heterocycles. The summed E-state index contributed by atoms with van der Waals surface area (Å²) >= 11 is 1.44. The van der Waals surface area contributed by atoms with Crippen molar-refractivity contribution in [2.45, 2.75) is 6.92 Å². The van der Waals surface area contributed by atoms with Crippen molar-refractivity contribution in [2.75, 3.05) is 12.4 Å². The predicted molar refractivity (Wildman–Crippen MR) is 95.5 cm³/mol. The highest BCUT2D eigenvalue weighted by Gasteiger charge is 2.17. The number of anilines is 2. The lowest BCUT2D eigenvalue weighted by Gasteiger charge is -2.03. The summed E-state index contributed by atoms with van der Waals surface area (Å²) in [6, 6.07) is 11.4. The van der Waals surface area contributed by atoms with Crippen LogP contribution < -0.4 is 10.1 Å². The van der Waals surface area contributed by atoms with Crippen LogP contribution in [0.2, 0.25) is 0 Å². The third kappa shape index (κ3) is 2.30. The summed E-state index contributed by atoms with van der Waals surface area (Å²) in [5.74, 6) is 0.529. The summed E-state index contributed by atoms with van der Waals surface area (Å²) in [5.41, 5.74) is 2.53. The van der Waals surface area contributed by atoms with E-state index in [4.69, 9.17) is 4.74 Å². The van der Waals surface area contributed by atoms with E-state index in [2.05, 4.69) is 15.3 Å². The van der Waals surface area contributed by atoms with E-state index in [1.807, 2.05) is 30.3 Å². The van der Waals surface area contributed by atoms with E-state index < -0.39 is 0 Å². The van der Waals surface area contributed by atoms with Gasteiger partial charge in [-0.15, -0.1) is 0 Å². The van der Waals surface area contributed by atoms with Crippen molar-refractivity contribution in [3.63, 3.8) is 0 Å². The van der Waals surface area contributed by atoms with E-state index in [0.717, 1.165) is 26.9 Å². The molecule has 24 heavy (non-hydrogen) atoms. The van der Waals surface area contributed by atoms with Crippen molar-refractivity contribution in [3.8, 4) is 5.88 Å². The number of nitrogens with zero attached hydrogens (tertiary/aromatic N) is 3. The molecule has 0 saturated heterocycles. The first kappa shape index (κ1) is 14.6. The highest BCUT2D eigenvalue weighted by molar-refractivity contribution is 7.22. The van der Waals surface area contributed by atoms with Gasteiger partial charge in [-0.1, -0.05) is 29.5 Å². The van der Waals surface area contributed by atoms with E-state index in [1.165, 1.54) is 11.3 Å². The Labute approximate surface area is 141 Å². The van der Waals surface area contributed by atoms with Gasteiger partial charge in [0.1, 0.15) is 10.3 Å². The highest BCUT2D eigenvalue weighted by atomic mass is 32.1. The number of rotatable bonds is 3. The van der Waals surface area contributed by atoms with Crippen LogP contribution in [0.25, 0.3) is 21.3 Å². The number of nitrogens with one attached hydrogen (secondary N) is 1. The van der Waals surface area contributed by atoms with Gasteiger partial charge in [0.2, 0.25) is 11.8 Å². The lowest BCUT2D eigenvalue weighted by molar-refractivity contribution is 0.0947. The van der Waals surface area contributed by atoms with Crippen molar-refractivity contribution in [1.29, 1.82) is 0 Å². The molecule has 0 bridgehead atoms. The predicted octanol–water partition coefficient (Wildman–Crippen LogP) is 4.06. The first-order valence-corrected chi connectivity index (χ1v) is 8.17. The molecule has 4 aromatic rings. The molecule has 1 N–H and O–H groups in total. The Morgan fingerprint density at radius 1 is 1.25 bits per heavy atom. The molecule has 0 spiro atoms. The molecule has 0 aliphatic carbocycles. The third-order valence-electron chi connectivity index (χ3n) is 3.72. The second-order valence-electron chi connectivity index (χ2n) is 5.26. The molecule has 1 aromatic carbocycles. The van der Waals surface area contributed by atoms with Crippen LogP contribution in [0.4, 0.5) is 10.8 Å². The second kappa shape index (κ2) is 5.61. The Morgan fingerprint density at radius 2 is 2.08 bits per heavy atom. The zero-order valence-electron chi connectivity index (χ0n) is 13.1. The number of carbonyl (C=O) groups excluding carboxylic acids is 1. The molecule has 7 heteroatoms. The summed E-state index contributed by atoms with van der Waals surface area (Å²) in [6.45, 7) is 1.56. The number of para-hydroxylation sites is 1. The van der Waals surface area contributed by atoms with Gasteiger partial charge in [0.15, 0.2) is 5.13 Å². The number of hydrogen-bond acceptors (Lipinski definition) is 6. The van der Waals surface area contributed by atoms with Gasteiger partial charge in [0.25, 0.3) is 0 Å². The first-order valence-electron chi connectivity index (χ1n) is 7.35. The molecule has 0 atom stereocenters. The van der Waals surface area contributed by atoms with Gasteiger partial charge in [-0.2, -0.15) is 0 Å². The number of thiazole rings is 1. The molecule has 3 heterocycles. The van der Waals surface area contributed by atoms with Crippen LogP contribution in [0.1, 0.15) is 11.7 Å². The molecule has 0 radical (unpaired) electrons. The van der Waals surface area contributed by atoms with Crippen LogP contribution in [-0.2, 0) is 0 Å². The molecule has 0 saturated carbocycles. The summed E-state index contributed by atoms with van der Waals surface area (Å²) in [7, 11) is 1.58. The van der Waals surface area contributed by atoms with E-state index >= 15 is 0 Å². The zero-order chi connectivity index (χ0) is 16.7. The van der Waals surface area contributed by atoms with Gasteiger partial charge in [-0.05, 0) is 12.1 Å². The number of aromatic nitrogens is 3. The van der Waals surface area contributed by atoms with Crippen LogP contribution >= 0.6 is 11.3 Å². The Kier molecular flexibility index (Phi) is 3.42. The number of hydrogen-bond donors (Lipinski definition) is 1. The fraction of sp³-hybridized carbons (Fsp3) is 0.118. The normalized spacial score (nSPS) is 11.1. The van der Waals surface area contributed by atoms with Crippen LogP contribution in [0.5, 0.6) is 5.88 Å². The van der Waals surface area contributed by atoms with Crippen molar-refractivity contribution in [1.82, 2.24) is 14.5 Å². The van der Waals surface area contributed by atoms with Crippen molar-refractivity contribution in [2.24, 2.45) is 0 Å². The van der Waals surface area contributed by atoms with Crippen LogP contribution in [0.15, 0.2) is 42.6 Å². The topological polar surface area (TPSA) is 69.0 Å². The first-order chi connectivity index (χ1) is 11.7. The summed E-state index contributed by atoms with van der Waals surface area (Å²) < 4.78 is 6.76. The Morgan fingerprint density at radius 3 is 2.79 bits per heavy atom. The molecule has 0 amide bonds. The number of methoxy groups -OCH3 is 1. The summed E-state index contributed by atoms with van der Waals surface area (Å²) in [6.07, 6.45) is 1.68. The quantitative estimate of drug-likeness (QED) is 0.610. The minimum atomic E-state index is -0.0254. The maximum absolute atomic E-state index is 12.1. The Bertz CT molecular complexity index is 1050. The highest BCUT2D eigenvalue weighted by Crippen LogP contribution is 2.35. The number of benzene rings is 1. The molecule has 120 valence electrons. The van der Waals surface area contributed by atoms with Crippen LogP contribution in [-0.4, -0.2) is 27.6 Å². The van der Waals surface area contributed by atoms with Crippen molar-refractivity contribution < 1.29 is 9.53 Å². The maximum atomic E-state index is 12.1.